The number of pyridine rings is 1. The molecule has 0 saturated heterocycles. The quantitative estimate of drug-likeness (QED) is 0.172. The Labute approximate surface area is 322 Å². The molecule has 0 aliphatic carbocycles. The largest absolute Gasteiger partial charge is 0.456 e. The second kappa shape index (κ2) is 13.0. The number of hydrogen-bond acceptors (Lipinski definition) is 4. The molecule has 0 bridgehead atoms. The summed E-state index contributed by atoms with van der Waals surface area (Å²) in [4.78, 5) is 10.3. The van der Waals surface area contributed by atoms with Crippen molar-refractivity contribution in [3.63, 3.8) is 0 Å². The van der Waals surface area contributed by atoms with Gasteiger partial charge in [0.05, 0.1) is 28.8 Å². The Morgan fingerprint density at radius 3 is 1.68 bits per heavy atom. The van der Waals surface area contributed by atoms with Gasteiger partial charge in [-0.1, -0.05) is 158 Å². The Morgan fingerprint density at radius 2 is 0.946 bits per heavy atom. The van der Waals surface area contributed by atoms with Crippen LogP contribution in [-0.2, 0) is 0 Å². The average Bonchev–Trinajstić information content (AvgIpc) is 3.89. The molecule has 0 aliphatic rings. The smallest absolute Gasteiger partial charge is 0.160 e. The van der Waals surface area contributed by atoms with Gasteiger partial charge in [-0.15, -0.1) is 0 Å². The number of fused-ring (bicyclic) bond motifs is 6. The van der Waals surface area contributed by atoms with E-state index in [1.807, 2.05) is 48.7 Å². The van der Waals surface area contributed by atoms with Crippen LogP contribution in [0.25, 0.3) is 106 Å². The minimum atomic E-state index is 0.676. The maximum absolute atomic E-state index is 6.15. The fourth-order valence-corrected chi connectivity index (χ4v) is 8.05. The first kappa shape index (κ1) is 31.9. The molecule has 0 N–H and O–H groups in total. The summed E-state index contributed by atoms with van der Waals surface area (Å²) in [6, 6.07) is 65.3. The zero-order valence-electron chi connectivity index (χ0n) is 30.2. The molecule has 0 amide bonds. The SMILES string of the molecule is c1ccc(-c2nc(-c3ccc(-c4c(-c5ccccc5)n5ncc(-c6ccccc6)c5c5ccccc45)cc3)cc(-c3ccc4oc5ccccc5c4c3)n2)cc1. The van der Waals surface area contributed by atoms with Gasteiger partial charge in [0.2, 0.25) is 0 Å². The van der Waals surface area contributed by atoms with Crippen LogP contribution in [-0.4, -0.2) is 19.6 Å². The molecular weight excluding hydrogens is 685 g/mol. The van der Waals surface area contributed by atoms with Gasteiger partial charge >= 0.3 is 0 Å². The monoisotopic (exact) mass is 716 g/mol. The summed E-state index contributed by atoms with van der Waals surface area (Å²) >= 11 is 0. The van der Waals surface area contributed by atoms with E-state index in [-0.39, 0.29) is 0 Å². The van der Waals surface area contributed by atoms with Gasteiger partial charge in [0, 0.05) is 49.5 Å². The first-order valence-corrected chi connectivity index (χ1v) is 18.8. The standard InChI is InChI=1S/C51H32N4O/c1-4-14-33(15-5-1)43-32-52-55-49(36-16-6-2-7-17-36)48(40-21-10-11-22-41(40)50(43)55)35-26-24-34(25-27-35)44-31-45(54-51(53-44)37-18-8-3-9-19-37)38-28-29-47-42(30-38)39-20-12-13-23-46(39)56-47/h1-32H. The van der Waals surface area contributed by atoms with E-state index >= 15 is 0 Å². The van der Waals surface area contributed by atoms with Crippen LogP contribution in [0.1, 0.15) is 0 Å². The highest BCUT2D eigenvalue weighted by molar-refractivity contribution is 6.13. The van der Waals surface area contributed by atoms with E-state index in [2.05, 4.69) is 150 Å². The van der Waals surface area contributed by atoms with Gasteiger partial charge in [0.1, 0.15) is 11.2 Å². The van der Waals surface area contributed by atoms with Crippen molar-refractivity contribution in [2.45, 2.75) is 0 Å². The van der Waals surface area contributed by atoms with E-state index in [1.54, 1.807) is 0 Å². The van der Waals surface area contributed by atoms with Crippen LogP contribution in [0.15, 0.2) is 199 Å². The highest BCUT2D eigenvalue weighted by Gasteiger charge is 2.22. The van der Waals surface area contributed by atoms with Gasteiger partial charge in [-0.25, -0.2) is 14.5 Å². The third-order valence-corrected chi connectivity index (χ3v) is 10.7. The number of hydrogen-bond donors (Lipinski definition) is 0. The Kier molecular flexibility index (Phi) is 7.42. The van der Waals surface area contributed by atoms with Crippen molar-refractivity contribution >= 4 is 38.2 Å². The summed E-state index contributed by atoms with van der Waals surface area (Å²) in [5, 5.41) is 9.55. The molecule has 4 heterocycles. The Balaban J connectivity index is 1.09. The lowest BCUT2D eigenvalue weighted by Gasteiger charge is -2.18. The number of nitrogens with zero attached hydrogens (tertiary/aromatic N) is 4. The number of aromatic nitrogens is 4. The van der Waals surface area contributed by atoms with Crippen LogP contribution < -0.4 is 0 Å². The molecule has 5 heteroatoms. The molecule has 0 spiro atoms. The molecule has 0 unspecified atom stereocenters. The molecule has 0 atom stereocenters. The first-order chi connectivity index (χ1) is 27.8. The van der Waals surface area contributed by atoms with Gasteiger partial charge in [-0.3, -0.25) is 0 Å². The summed E-state index contributed by atoms with van der Waals surface area (Å²) in [5.41, 5.74) is 14.1. The minimum Gasteiger partial charge on any atom is -0.456 e. The minimum absolute atomic E-state index is 0.676. The molecule has 7 aromatic carbocycles. The lowest BCUT2D eigenvalue weighted by Crippen LogP contribution is -2.00. The third kappa shape index (κ3) is 5.29. The number of para-hydroxylation sites is 1. The van der Waals surface area contributed by atoms with Gasteiger partial charge in [-0.2, -0.15) is 5.10 Å². The van der Waals surface area contributed by atoms with Crippen molar-refractivity contribution in [2.24, 2.45) is 0 Å². The van der Waals surface area contributed by atoms with Crippen LogP contribution in [0.5, 0.6) is 0 Å². The zero-order chi connectivity index (χ0) is 37.0. The van der Waals surface area contributed by atoms with Crippen molar-refractivity contribution in [3.05, 3.63) is 194 Å². The fraction of sp³-hybridized carbons (Fsp3) is 0. The summed E-state index contributed by atoms with van der Waals surface area (Å²) < 4.78 is 8.28. The van der Waals surface area contributed by atoms with Gasteiger partial charge in [-0.05, 0) is 46.8 Å². The summed E-state index contributed by atoms with van der Waals surface area (Å²) in [6.07, 6.45) is 2.00. The van der Waals surface area contributed by atoms with Crippen LogP contribution >= 0.6 is 0 Å². The summed E-state index contributed by atoms with van der Waals surface area (Å²) in [6.45, 7) is 0. The Hall–Kier alpha value is -7.63. The molecule has 0 fully saturated rings. The molecule has 5 nitrogen and oxygen atoms in total. The van der Waals surface area contributed by atoms with Crippen LogP contribution in [0.4, 0.5) is 0 Å². The summed E-state index contributed by atoms with van der Waals surface area (Å²) in [5.74, 6) is 0.676. The number of furan rings is 1. The molecule has 0 radical (unpaired) electrons. The van der Waals surface area contributed by atoms with Crippen molar-refractivity contribution < 1.29 is 4.42 Å². The zero-order valence-corrected chi connectivity index (χ0v) is 30.2. The van der Waals surface area contributed by atoms with E-state index < -0.39 is 0 Å². The maximum Gasteiger partial charge on any atom is 0.160 e. The maximum atomic E-state index is 6.15. The number of benzene rings is 7. The predicted molar refractivity (Wildman–Crippen MR) is 228 cm³/mol. The van der Waals surface area contributed by atoms with Crippen LogP contribution in [0.3, 0.4) is 0 Å². The van der Waals surface area contributed by atoms with E-state index in [9.17, 15) is 0 Å². The molecule has 4 aromatic heterocycles. The highest BCUT2D eigenvalue weighted by atomic mass is 16.3. The Morgan fingerprint density at radius 1 is 0.393 bits per heavy atom. The Bertz CT molecular complexity index is 3220. The molecule has 11 rings (SSSR count). The van der Waals surface area contributed by atoms with Crippen molar-refractivity contribution in [2.75, 3.05) is 0 Å². The molecule has 56 heavy (non-hydrogen) atoms. The van der Waals surface area contributed by atoms with Crippen LogP contribution in [0, 0.1) is 0 Å². The van der Waals surface area contributed by atoms with E-state index in [1.165, 1.54) is 5.39 Å². The fourth-order valence-electron chi connectivity index (χ4n) is 8.05. The van der Waals surface area contributed by atoms with Crippen molar-refractivity contribution in [3.8, 4) is 67.4 Å². The third-order valence-electron chi connectivity index (χ3n) is 10.7. The van der Waals surface area contributed by atoms with E-state index in [0.717, 1.165) is 94.4 Å². The predicted octanol–water partition coefficient (Wildman–Crippen LogP) is 13.2. The number of rotatable bonds is 6. The molecule has 262 valence electrons. The van der Waals surface area contributed by atoms with Gasteiger partial charge in [0.15, 0.2) is 5.82 Å². The molecule has 0 saturated carbocycles. The molecule has 11 aromatic rings. The lowest BCUT2D eigenvalue weighted by atomic mass is 9.91. The van der Waals surface area contributed by atoms with Crippen molar-refractivity contribution in [1.82, 2.24) is 19.6 Å². The van der Waals surface area contributed by atoms with E-state index in [4.69, 9.17) is 19.5 Å². The second-order valence-corrected chi connectivity index (χ2v) is 14.0. The van der Waals surface area contributed by atoms with Crippen molar-refractivity contribution in [1.29, 1.82) is 0 Å². The summed E-state index contributed by atoms with van der Waals surface area (Å²) in [7, 11) is 0. The van der Waals surface area contributed by atoms with Gasteiger partial charge in [0.25, 0.3) is 0 Å². The molecular formula is C51H32N4O. The van der Waals surface area contributed by atoms with Gasteiger partial charge < -0.3 is 4.42 Å². The topological polar surface area (TPSA) is 56.2 Å². The normalized spacial score (nSPS) is 11.6. The average molecular weight is 717 g/mol. The first-order valence-electron chi connectivity index (χ1n) is 18.8. The van der Waals surface area contributed by atoms with E-state index in [0.29, 0.717) is 5.82 Å². The molecule has 0 aliphatic heterocycles. The lowest BCUT2D eigenvalue weighted by molar-refractivity contribution is 0.669. The highest BCUT2D eigenvalue weighted by Crippen LogP contribution is 2.43. The van der Waals surface area contributed by atoms with Crippen LogP contribution in [0.2, 0.25) is 0 Å². The second-order valence-electron chi connectivity index (χ2n) is 14.0.